The van der Waals surface area contributed by atoms with Crippen LogP contribution in [0.4, 0.5) is 35.3 Å². The molecule has 11 heteroatoms. The first-order chi connectivity index (χ1) is 14.2. The number of nitrogens with zero attached hydrogens (tertiary/aromatic N) is 1. The van der Waals surface area contributed by atoms with E-state index in [1.807, 2.05) is 0 Å². The molecule has 1 heterocycles. The van der Waals surface area contributed by atoms with Crippen molar-refractivity contribution >= 4 is 29.3 Å². The van der Waals surface area contributed by atoms with Gasteiger partial charge in [0.25, 0.3) is 5.91 Å². The molecule has 0 radical (unpaired) electrons. The van der Waals surface area contributed by atoms with Gasteiger partial charge in [0.2, 0.25) is 0 Å². The summed E-state index contributed by atoms with van der Waals surface area (Å²) in [5.74, 6) is -4.30. The molecule has 1 saturated carbocycles. The standard InChI is InChI=1S/C19H20F3N5O3/c1-8(24-19(29)30)15(9-2-3-9)26-18-14(22)7-11(16(23)28)17(27-18)25-10-4-5-12(20)13(21)6-10/h4-9,15,24H,2-3H2,1H3,(H2,23,28)(H,29,30)(H2,25,26,27)/t8-,15+/m0/s1. The molecule has 2 aromatic rings. The molecular formula is C19H20F3N5O3. The molecule has 0 saturated heterocycles. The molecule has 30 heavy (non-hydrogen) atoms. The Balaban J connectivity index is 1.92. The van der Waals surface area contributed by atoms with Crippen LogP contribution in [0.3, 0.4) is 0 Å². The van der Waals surface area contributed by atoms with Crippen molar-refractivity contribution < 1.29 is 27.9 Å². The normalized spacial score (nSPS) is 15.2. The first kappa shape index (κ1) is 21.2. The maximum absolute atomic E-state index is 14.6. The van der Waals surface area contributed by atoms with E-state index in [2.05, 4.69) is 20.9 Å². The maximum Gasteiger partial charge on any atom is 0.404 e. The Morgan fingerprint density at radius 1 is 1.13 bits per heavy atom. The number of pyridine rings is 1. The van der Waals surface area contributed by atoms with Crippen LogP contribution in [-0.2, 0) is 0 Å². The summed E-state index contributed by atoms with van der Waals surface area (Å²) in [5.41, 5.74) is 5.07. The number of aromatic nitrogens is 1. The van der Waals surface area contributed by atoms with E-state index in [1.54, 1.807) is 6.92 Å². The third kappa shape index (κ3) is 4.91. The third-order valence-electron chi connectivity index (χ3n) is 4.75. The van der Waals surface area contributed by atoms with Gasteiger partial charge in [0.15, 0.2) is 23.3 Å². The van der Waals surface area contributed by atoms with Crippen LogP contribution in [0, 0.1) is 23.4 Å². The molecular weight excluding hydrogens is 403 g/mol. The van der Waals surface area contributed by atoms with Crippen LogP contribution in [0.25, 0.3) is 0 Å². The lowest BCUT2D eigenvalue weighted by Gasteiger charge is -2.26. The van der Waals surface area contributed by atoms with E-state index in [4.69, 9.17) is 10.8 Å². The van der Waals surface area contributed by atoms with Crippen molar-refractivity contribution in [1.82, 2.24) is 10.3 Å². The minimum atomic E-state index is -1.21. The second-order valence-electron chi connectivity index (χ2n) is 7.08. The predicted octanol–water partition coefficient (Wildman–Crippen LogP) is 3.19. The molecule has 8 nitrogen and oxygen atoms in total. The van der Waals surface area contributed by atoms with Gasteiger partial charge in [0.1, 0.15) is 5.82 Å². The number of hydrogen-bond acceptors (Lipinski definition) is 5. The summed E-state index contributed by atoms with van der Waals surface area (Å²) < 4.78 is 41.3. The number of halogens is 3. The van der Waals surface area contributed by atoms with Gasteiger partial charge in [0.05, 0.1) is 11.6 Å². The van der Waals surface area contributed by atoms with Gasteiger partial charge in [-0.25, -0.2) is 22.9 Å². The SMILES string of the molecule is C[C@H](NC(=O)O)[C@@H](Nc1nc(Nc2ccc(F)c(F)c2)c(C(N)=O)cc1F)C1CC1. The van der Waals surface area contributed by atoms with Crippen LogP contribution in [-0.4, -0.2) is 34.2 Å². The van der Waals surface area contributed by atoms with Gasteiger partial charge in [-0.3, -0.25) is 4.79 Å². The van der Waals surface area contributed by atoms with E-state index in [1.165, 1.54) is 6.07 Å². The van der Waals surface area contributed by atoms with Crippen molar-refractivity contribution in [2.24, 2.45) is 11.7 Å². The molecule has 1 aliphatic rings. The van der Waals surface area contributed by atoms with Crippen molar-refractivity contribution in [3.05, 3.63) is 47.3 Å². The largest absolute Gasteiger partial charge is 0.465 e. The molecule has 3 rings (SSSR count). The van der Waals surface area contributed by atoms with E-state index in [-0.39, 0.29) is 28.8 Å². The zero-order valence-electron chi connectivity index (χ0n) is 15.9. The fraction of sp³-hybridized carbons (Fsp3) is 0.316. The monoisotopic (exact) mass is 423 g/mol. The number of anilines is 3. The number of primary amides is 1. The van der Waals surface area contributed by atoms with Gasteiger partial charge in [-0.2, -0.15) is 0 Å². The van der Waals surface area contributed by atoms with E-state index < -0.39 is 41.5 Å². The van der Waals surface area contributed by atoms with Crippen LogP contribution >= 0.6 is 0 Å². The lowest BCUT2D eigenvalue weighted by atomic mass is 10.0. The highest BCUT2D eigenvalue weighted by Crippen LogP contribution is 2.36. The van der Waals surface area contributed by atoms with Crippen LogP contribution < -0.4 is 21.7 Å². The Bertz CT molecular complexity index is 984. The number of nitrogens with one attached hydrogen (secondary N) is 3. The van der Waals surface area contributed by atoms with Crippen LogP contribution in [0.5, 0.6) is 0 Å². The average Bonchev–Trinajstić information content (AvgIpc) is 3.48. The van der Waals surface area contributed by atoms with Crippen molar-refractivity contribution in [2.75, 3.05) is 10.6 Å². The molecule has 1 aliphatic carbocycles. The van der Waals surface area contributed by atoms with Gasteiger partial charge in [0, 0.05) is 17.8 Å². The number of amides is 2. The summed E-state index contributed by atoms with van der Waals surface area (Å²) >= 11 is 0. The molecule has 0 spiro atoms. The Labute approximate surface area is 169 Å². The summed E-state index contributed by atoms with van der Waals surface area (Å²) in [6, 6.07) is 2.83. The number of carbonyl (C=O) groups is 2. The van der Waals surface area contributed by atoms with Gasteiger partial charge in [-0.1, -0.05) is 0 Å². The number of rotatable bonds is 8. The van der Waals surface area contributed by atoms with Crippen LogP contribution in [0.2, 0.25) is 0 Å². The molecule has 1 fully saturated rings. The number of hydrogen-bond donors (Lipinski definition) is 5. The van der Waals surface area contributed by atoms with E-state index in [0.29, 0.717) is 0 Å². The first-order valence-electron chi connectivity index (χ1n) is 9.14. The summed E-state index contributed by atoms with van der Waals surface area (Å²) in [6.07, 6.45) is 0.460. The number of carboxylic acid groups (broad SMARTS) is 1. The highest BCUT2D eigenvalue weighted by atomic mass is 19.2. The fourth-order valence-corrected chi connectivity index (χ4v) is 3.13. The van der Waals surface area contributed by atoms with Crippen molar-refractivity contribution in [3.63, 3.8) is 0 Å². The summed E-state index contributed by atoms with van der Waals surface area (Å²) in [6.45, 7) is 1.64. The molecule has 1 aromatic carbocycles. The maximum atomic E-state index is 14.6. The molecule has 0 aliphatic heterocycles. The minimum absolute atomic E-state index is 0.0705. The third-order valence-corrected chi connectivity index (χ3v) is 4.75. The lowest BCUT2D eigenvalue weighted by Crippen LogP contribution is -2.45. The van der Waals surface area contributed by atoms with Gasteiger partial charge in [-0.15, -0.1) is 0 Å². The highest BCUT2D eigenvalue weighted by Gasteiger charge is 2.36. The molecule has 1 aromatic heterocycles. The first-order valence-corrected chi connectivity index (χ1v) is 9.14. The predicted molar refractivity (Wildman–Crippen MR) is 103 cm³/mol. The minimum Gasteiger partial charge on any atom is -0.465 e. The zero-order valence-corrected chi connectivity index (χ0v) is 15.9. The molecule has 2 amide bonds. The molecule has 0 bridgehead atoms. The summed E-state index contributed by atoms with van der Waals surface area (Å²) in [4.78, 5) is 26.7. The van der Waals surface area contributed by atoms with Crippen LogP contribution in [0.15, 0.2) is 24.3 Å². The van der Waals surface area contributed by atoms with E-state index >= 15 is 0 Å². The second-order valence-corrected chi connectivity index (χ2v) is 7.08. The number of nitrogens with two attached hydrogens (primary N) is 1. The average molecular weight is 423 g/mol. The zero-order chi connectivity index (χ0) is 22.0. The van der Waals surface area contributed by atoms with Gasteiger partial charge < -0.3 is 26.8 Å². The van der Waals surface area contributed by atoms with E-state index in [9.17, 15) is 22.8 Å². The van der Waals surface area contributed by atoms with Crippen molar-refractivity contribution in [2.45, 2.75) is 31.8 Å². The Morgan fingerprint density at radius 2 is 1.83 bits per heavy atom. The molecule has 6 N–H and O–H groups in total. The summed E-state index contributed by atoms with van der Waals surface area (Å²) in [7, 11) is 0. The quantitative estimate of drug-likeness (QED) is 0.443. The van der Waals surface area contributed by atoms with Gasteiger partial charge in [-0.05, 0) is 43.9 Å². The molecule has 2 atom stereocenters. The fourth-order valence-electron chi connectivity index (χ4n) is 3.13. The van der Waals surface area contributed by atoms with Crippen molar-refractivity contribution in [1.29, 1.82) is 0 Å². The topological polar surface area (TPSA) is 129 Å². The smallest absolute Gasteiger partial charge is 0.404 e. The Morgan fingerprint density at radius 3 is 2.40 bits per heavy atom. The molecule has 160 valence electrons. The number of carbonyl (C=O) groups excluding carboxylic acids is 1. The van der Waals surface area contributed by atoms with Crippen LogP contribution in [0.1, 0.15) is 30.1 Å². The highest BCUT2D eigenvalue weighted by molar-refractivity contribution is 5.98. The lowest BCUT2D eigenvalue weighted by molar-refractivity contribution is 0.1000. The summed E-state index contributed by atoms with van der Waals surface area (Å²) in [5, 5.41) is 16.8. The Hall–Kier alpha value is -3.50. The van der Waals surface area contributed by atoms with Crippen molar-refractivity contribution in [3.8, 4) is 0 Å². The second kappa shape index (κ2) is 8.47. The Kier molecular flexibility index (Phi) is 5.99. The number of benzene rings is 1. The van der Waals surface area contributed by atoms with E-state index in [0.717, 1.165) is 31.0 Å². The van der Waals surface area contributed by atoms with Gasteiger partial charge >= 0.3 is 6.09 Å². The molecule has 0 unspecified atom stereocenters.